The second-order valence-corrected chi connectivity index (χ2v) is 5.49. The van der Waals surface area contributed by atoms with Gasteiger partial charge in [-0.25, -0.2) is 4.79 Å². The molecule has 0 aliphatic carbocycles. The lowest BCUT2D eigenvalue weighted by Gasteiger charge is -2.12. The Morgan fingerprint density at radius 1 is 1.50 bits per heavy atom. The first-order chi connectivity index (χ1) is 8.40. The van der Waals surface area contributed by atoms with E-state index >= 15 is 0 Å². The zero-order valence-electron chi connectivity index (χ0n) is 9.55. The van der Waals surface area contributed by atoms with Crippen LogP contribution >= 0.6 is 11.6 Å². The van der Waals surface area contributed by atoms with E-state index < -0.39 is 28.7 Å². The SMILES string of the molecule is CC(=O)NC(CS(=O)c1cccc(Cl)c1)C(=O)O. The summed E-state index contributed by atoms with van der Waals surface area (Å²) in [5.74, 6) is -1.90. The van der Waals surface area contributed by atoms with Gasteiger partial charge in [-0.2, -0.15) is 0 Å². The molecule has 1 amide bonds. The van der Waals surface area contributed by atoms with E-state index in [0.29, 0.717) is 9.92 Å². The molecule has 5 nitrogen and oxygen atoms in total. The minimum atomic E-state index is -1.54. The molecule has 0 aliphatic rings. The fourth-order valence-electron chi connectivity index (χ4n) is 1.28. The summed E-state index contributed by atoms with van der Waals surface area (Å²) in [5, 5.41) is 11.6. The van der Waals surface area contributed by atoms with E-state index in [1.807, 2.05) is 0 Å². The predicted octanol–water partition coefficient (Wildman–Crippen LogP) is 1.04. The minimum Gasteiger partial charge on any atom is -0.480 e. The average molecular weight is 290 g/mol. The summed E-state index contributed by atoms with van der Waals surface area (Å²) in [4.78, 5) is 22.2. The first kappa shape index (κ1) is 14.7. The Balaban J connectivity index is 2.78. The molecule has 0 heterocycles. The monoisotopic (exact) mass is 289 g/mol. The molecule has 0 bridgehead atoms. The number of benzene rings is 1. The Morgan fingerprint density at radius 3 is 2.67 bits per heavy atom. The maximum absolute atomic E-state index is 11.9. The molecule has 1 aromatic rings. The van der Waals surface area contributed by atoms with Crippen LogP contribution in [0.1, 0.15) is 6.92 Å². The van der Waals surface area contributed by atoms with Gasteiger partial charge in [-0.1, -0.05) is 17.7 Å². The summed E-state index contributed by atoms with van der Waals surface area (Å²) < 4.78 is 11.9. The van der Waals surface area contributed by atoms with E-state index in [1.165, 1.54) is 13.0 Å². The first-order valence-corrected chi connectivity index (χ1v) is 6.73. The molecule has 0 saturated heterocycles. The highest BCUT2D eigenvalue weighted by Gasteiger charge is 2.22. The van der Waals surface area contributed by atoms with Crippen molar-refractivity contribution >= 4 is 34.3 Å². The molecule has 2 N–H and O–H groups in total. The van der Waals surface area contributed by atoms with Crippen molar-refractivity contribution in [1.29, 1.82) is 0 Å². The van der Waals surface area contributed by atoms with Crippen LogP contribution in [0.3, 0.4) is 0 Å². The summed E-state index contributed by atoms with van der Waals surface area (Å²) >= 11 is 5.75. The number of carboxylic acids is 1. The number of halogens is 1. The molecule has 2 unspecified atom stereocenters. The van der Waals surface area contributed by atoms with Gasteiger partial charge in [0, 0.05) is 16.8 Å². The Hall–Kier alpha value is -1.40. The number of aliphatic carboxylic acids is 1. The van der Waals surface area contributed by atoms with E-state index in [0.717, 1.165) is 0 Å². The number of hydrogen-bond acceptors (Lipinski definition) is 3. The zero-order chi connectivity index (χ0) is 13.7. The van der Waals surface area contributed by atoms with Gasteiger partial charge in [-0.15, -0.1) is 0 Å². The summed E-state index contributed by atoms with van der Waals surface area (Å²) in [6.07, 6.45) is 0. The van der Waals surface area contributed by atoms with E-state index in [9.17, 15) is 13.8 Å². The number of rotatable bonds is 5. The predicted molar refractivity (Wildman–Crippen MR) is 68.0 cm³/mol. The van der Waals surface area contributed by atoms with Gasteiger partial charge < -0.3 is 10.4 Å². The van der Waals surface area contributed by atoms with Gasteiger partial charge in [-0.05, 0) is 18.2 Å². The van der Waals surface area contributed by atoms with Crippen LogP contribution in [-0.4, -0.2) is 33.0 Å². The zero-order valence-corrected chi connectivity index (χ0v) is 11.1. The quantitative estimate of drug-likeness (QED) is 0.848. The maximum Gasteiger partial charge on any atom is 0.327 e. The van der Waals surface area contributed by atoms with Crippen LogP contribution < -0.4 is 5.32 Å². The van der Waals surface area contributed by atoms with Gasteiger partial charge in [0.2, 0.25) is 5.91 Å². The molecular weight excluding hydrogens is 278 g/mol. The van der Waals surface area contributed by atoms with Crippen LogP contribution in [0, 0.1) is 0 Å². The Labute approximate surface area is 112 Å². The third-order valence-electron chi connectivity index (χ3n) is 2.05. The van der Waals surface area contributed by atoms with Crippen molar-refractivity contribution in [2.45, 2.75) is 17.9 Å². The van der Waals surface area contributed by atoms with Crippen molar-refractivity contribution in [2.75, 3.05) is 5.75 Å². The lowest BCUT2D eigenvalue weighted by atomic mass is 10.3. The van der Waals surface area contributed by atoms with Gasteiger partial charge in [0.05, 0.1) is 16.6 Å². The van der Waals surface area contributed by atoms with Gasteiger partial charge in [0.1, 0.15) is 6.04 Å². The highest BCUT2D eigenvalue weighted by atomic mass is 35.5. The topological polar surface area (TPSA) is 83.5 Å². The largest absolute Gasteiger partial charge is 0.480 e. The van der Waals surface area contributed by atoms with Gasteiger partial charge >= 0.3 is 5.97 Å². The van der Waals surface area contributed by atoms with Gasteiger partial charge in [-0.3, -0.25) is 9.00 Å². The third-order valence-corrected chi connectivity index (χ3v) is 3.70. The molecular formula is C11H12ClNO4S. The fourth-order valence-corrected chi connectivity index (χ4v) is 2.74. The standard InChI is InChI=1S/C11H12ClNO4S/c1-7(14)13-10(11(15)16)6-18(17)9-4-2-3-8(12)5-9/h2-5,10H,6H2,1H3,(H,13,14)(H,15,16). The Kier molecular flexibility index (Phi) is 5.30. The molecule has 18 heavy (non-hydrogen) atoms. The average Bonchev–Trinajstić information content (AvgIpc) is 2.27. The highest BCUT2D eigenvalue weighted by molar-refractivity contribution is 7.85. The lowest BCUT2D eigenvalue weighted by molar-refractivity contribution is -0.140. The molecule has 1 aromatic carbocycles. The minimum absolute atomic E-state index is 0.199. The second-order valence-electron chi connectivity index (χ2n) is 3.56. The molecule has 1 rings (SSSR count). The molecule has 0 radical (unpaired) electrons. The number of carbonyl (C=O) groups excluding carboxylic acids is 1. The number of amides is 1. The highest BCUT2D eigenvalue weighted by Crippen LogP contribution is 2.14. The number of nitrogens with one attached hydrogen (secondary N) is 1. The van der Waals surface area contributed by atoms with E-state index in [1.54, 1.807) is 18.2 Å². The summed E-state index contributed by atoms with van der Waals surface area (Å²) in [5.41, 5.74) is 0. The van der Waals surface area contributed by atoms with E-state index in [4.69, 9.17) is 16.7 Å². The first-order valence-electron chi connectivity index (χ1n) is 5.04. The van der Waals surface area contributed by atoms with Crippen molar-refractivity contribution in [1.82, 2.24) is 5.32 Å². The molecule has 0 aromatic heterocycles. The Bertz CT molecular complexity index is 492. The van der Waals surface area contributed by atoms with Crippen LogP contribution in [0.2, 0.25) is 5.02 Å². The third kappa shape index (κ3) is 4.46. The smallest absolute Gasteiger partial charge is 0.327 e. The number of carbonyl (C=O) groups is 2. The molecule has 0 saturated carbocycles. The normalized spacial score (nSPS) is 13.7. The molecule has 0 aliphatic heterocycles. The second kappa shape index (κ2) is 6.51. The molecule has 0 spiro atoms. The van der Waals surface area contributed by atoms with Crippen molar-refractivity contribution in [2.24, 2.45) is 0 Å². The summed E-state index contributed by atoms with van der Waals surface area (Å²) in [6.45, 7) is 1.21. The van der Waals surface area contributed by atoms with Crippen LogP contribution in [-0.2, 0) is 20.4 Å². The van der Waals surface area contributed by atoms with Crippen molar-refractivity contribution in [3.63, 3.8) is 0 Å². The van der Waals surface area contributed by atoms with Crippen LogP contribution in [0.4, 0.5) is 0 Å². The van der Waals surface area contributed by atoms with Crippen molar-refractivity contribution in [3.8, 4) is 0 Å². The van der Waals surface area contributed by atoms with Crippen molar-refractivity contribution < 1.29 is 18.9 Å². The van der Waals surface area contributed by atoms with Gasteiger partial charge in [0.25, 0.3) is 0 Å². The number of hydrogen-bond donors (Lipinski definition) is 2. The summed E-state index contributed by atoms with van der Waals surface area (Å²) in [7, 11) is -1.54. The molecule has 7 heteroatoms. The maximum atomic E-state index is 11.9. The fraction of sp³-hybridized carbons (Fsp3) is 0.273. The molecule has 98 valence electrons. The number of carboxylic acid groups (broad SMARTS) is 1. The van der Waals surface area contributed by atoms with Gasteiger partial charge in [0.15, 0.2) is 0 Å². The lowest BCUT2D eigenvalue weighted by Crippen LogP contribution is -2.43. The molecule has 0 fully saturated rings. The Morgan fingerprint density at radius 2 is 2.17 bits per heavy atom. The van der Waals surface area contributed by atoms with E-state index in [2.05, 4.69) is 5.32 Å². The van der Waals surface area contributed by atoms with Crippen molar-refractivity contribution in [3.05, 3.63) is 29.3 Å². The van der Waals surface area contributed by atoms with Crippen LogP contribution in [0.5, 0.6) is 0 Å². The van der Waals surface area contributed by atoms with Crippen LogP contribution in [0.15, 0.2) is 29.2 Å². The molecule has 2 atom stereocenters. The van der Waals surface area contributed by atoms with Crippen LogP contribution in [0.25, 0.3) is 0 Å². The van der Waals surface area contributed by atoms with E-state index in [-0.39, 0.29) is 5.75 Å². The summed E-state index contributed by atoms with van der Waals surface area (Å²) in [6, 6.07) is 5.18.